The van der Waals surface area contributed by atoms with Crippen molar-refractivity contribution in [2.45, 2.75) is 38.5 Å². The summed E-state index contributed by atoms with van der Waals surface area (Å²) in [5.41, 5.74) is -2.83. The number of carboxylic acid groups (broad SMARTS) is 6. The van der Waals surface area contributed by atoms with Crippen LogP contribution in [-0.2, 0) is 28.8 Å². The maximum absolute atomic E-state index is 11.7. The third kappa shape index (κ3) is 7.30. The molecule has 0 saturated heterocycles. The summed E-state index contributed by atoms with van der Waals surface area (Å²) in [6, 6.07) is 0. The molecule has 2 atom stereocenters. The minimum atomic E-state index is -2.83. The van der Waals surface area contributed by atoms with Crippen LogP contribution >= 0.6 is 0 Å². The Morgan fingerprint density at radius 1 is 0.593 bits per heavy atom. The van der Waals surface area contributed by atoms with Gasteiger partial charge in [0.05, 0.1) is 11.8 Å². The zero-order valence-electron chi connectivity index (χ0n) is 14.0. The first-order valence-corrected chi connectivity index (χ1v) is 7.69. The molecule has 0 aromatic rings. The van der Waals surface area contributed by atoms with Crippen molar-refractivity contribution in [3.05, 3.63) is 0 Å². The van der Waals surface area contributed by atoms with Gasteiger partial charge in [-0.15, -0.1) is 0 Å². The fraction of sp³-hybridized carbons (Fsp3) is 0.600. The van der Waals surface area contributed by atoms with Crippen molar-refractivity contribution in [2.75, 3.05) is 0 Å². The maximum Gasteiger partial charge on any atom is 0.321 e. The molecule has 0 aromatic carbocycles. The van der Waals surface area contributed by atoms with E-state index in [0.29, 0.717) is 0 Å². The third-order valence-corrected chi connectivity index (χ3v) is 4.12. The first-order valence-electron chi connectivity index (χ1n) is 7.69. The molecule has 0 aromatic heterocycles. The van der Waals surface area contributed by atoms with Crippen molar-refractivity contribution in [2.24, 2.45) is 17.3 Å². The van der Waals surface area contributed by atoms with E-state index in [1.54, 1.807) is 0 Å². The first-order chi connectivity index (χ1) is 12.3. The van der Waals surface area contributed by atoms with Gasteiger partial charge < -0.3 is 30.6 Å². The van der Waals surface area contributed by atoms with Crippen LogP contribution in [-0.4, -0.2) is 66.5 Å². The molecule has 0 aliphatic carbocycles. The average Bonchev–Trinajstić information content (AvgIpc) is 2.51. The number of aliphatic carboxylic acids is 6. The highest BCUT2D eigenvalue weighted by Gasteiger charge is 2.51. The Kier molecular flexibility index (Phi) is 8.90. The molecule has 0 heterocycles. The number of hydrogen-bond donors (Lipinski definition) is 6. The molecule has 0 amide bonds. The summed E-state index contributed by atoms with van der Waals surface area (Å²) in [7, 11) is 0. The van der Waals surface area contributed by atoms with Gasteiger partial charge in [0.25, 0.3) is 0 Å². The number of rotatable bonds is 14. The topological polar surface area (TPSA) is 224 Å². The molecule has 152 valence electrons. The van der Waals surface area contributed by atoms with Crippen LogP contribution in [0.3, 0.4) is 0 Å². The molecule has 0 saturated carbocycles. The van der Waals surface area contributed by atoms with Gasteiger partial charge in [0.15, 0.2) is 5.41 Å². The van der Waals surface area contributed by atoms with E-state index in [2.05, 4.69) is 0 Å². The normalized spacial score (nSPS) is 13.3. The Labute approximate surface area is 152 Å². The summed E-state index contributed by atoms with van der Waals surface area (Å²) in [5, 5.41) is 54.4. The van der Waals surface area contributed by atoms with Crippen molar-refractivity contribution < 1.29 is 59.4 Å². The van der Waals surface area contributed by atoms with Gasteiger partial charge in [0.2, 0.25) is 0 Å². The second-order valence-corrected chi connectivity index (χ2v) is 6.04. The van der Waals surface area contributed by atoms with Crippen molar-refractivity contribution in [3.8, 4) is 0 Å². The summed E-state index contributed by atoms with van der Waals surface area (Å²) in [4.78, 5) is 67.1. The number of carbonyl (C=O) groups is 6. The Morgan fingerprint density at radius 2 is 0.889 bits per heavy atom. The van der Waals surface area contributed by atoms with Crippen LogP contribution in [0, 0.1) is 17.3 Å². The van der Waals surface area contributed by atoms with E-state index >= 15 is 0 Å². The molecule has 0 bridgehead atoms. The minimum Gasteiger partial charge on any atom is -0.481 e. The first kappa shape index (κ1) is 23.8. The van der Waals surface area contributed by atoms with Crippen LogP contribution in [0.4, 0.5) is 0 Å². The predicted octanol–water partition coefficient (Wildman–Crippen LogP) is 0.0534. The van der Waals surface area contributed by atoms with Crippen molar-refractivity contribution in [1.29, 1.82) is 0 Å². The molecule has 2 unspecified atom stereocenters. The van der Waals surface area contributed by atoms with Gasteiger partial charge in [-0.05, 0) is 25.7 Å². The molecular formula is C15H20O12. The third-order valence-electron chi connectivity index (χ3n) is 4.12. The van der Waals surface area contributed by atoms with Crippen LogP contribution in [0.15, 0.2) is 0 Å². The molecular weight excluding hydrogens is 372 g/mol. The highest BCUT2D eigenvalue weighted by molar-refractivity contribution is 5.99. The molecule has 0 spiro atoms. The van der Waals surface area contributed by atoms with Gasteiger partial charge in [-0.3, -0.25) is 28.8 Å². The fourth-order valence-electron chi connectivity index (χ4n) is 2.59. The lowest BCUT2D eigenvalue weighted by Crippen LogP contribution is -2.45. The predicted molar refractivity (Wildman–Crippen MR) is 82.9 cm³/mol. The summed E-state index contributed by atoms with van der Waals surface area (Å²) in [5.74, 6) is -13.3. The van der Waals surface area contributed by atoms with E-state index in [1.165, 1.54) is 0 Å². The van der Waals surface area contributed by atoms with Crippen molar-refractivity contribution in [1.82, 2.24) is 0 Å². The lowest BCUT2D eigenvalue weighted by Gasteiger charge is -2.30. The van der Waals surface area contributed by atoms with E-state index in [4.69, 9.17) is 20.4 Å². The van der Waals surface area contributed by atoms with Gasteiger partial charge in [-0.1, -0.05) is 0 Å². The van der Waals surface area contributed by atoms with Crippen LogP contribution in [0.2, 0.25) is 0 Å². The molecule has 12 nitrogen and oxygen atoms in total. The molecule has 6 N–H and O–H groups in total. The summed E-state index contributed by atoms with van der Waals surface area (Å²) in [6.07, 6.45) is -4.52. The fourth-order valence-corrected chi connectivity index (χ4v) is 2.59. The molecule has 12 heteroatoms. The molecule has 0 rings (SSSR count). The summed E-state index contributed by atoms with van der Waals surface area (Å²) >= 11 is 0. The summed E-state index contributed by atoms with van der Waals surface area (Å²) < 4.78 is 0. The van der Waals surface area contributed by atoms with E-state index in [1.807, 2.05) is 0 Å². The van der Waals surface area contributed by atoms with Gasteiger partial charge in [-0.2, -0.15) is 0 Å². The Balaban J connectivity index is 5.81. The molecule has 0 aliphatic heterocycles. The van der Waals surface area contributed by atoms with Crippen LogP contribution in [0.1, 0.15) is 38.5 Å². The summed E-state index contributed by atoms with van der Waals surface area (Å²) in [6.45, 7) is 0. The van der Waals surface area contributed by atoms with E-state index < -0.39 is 91.6 Å². The highest BCUT2D eigenvalue weighted by Crippen LogP contribution is 2.38. The lowest BCUT2D eigenvalue weighted by atomic mass is 9.71. The van der Waals surface area contributed by atoms with Crippen molar-refractivity contribution >= 4 is 35.8 Å². The second kappa shape index (κ2) is 10.1. The lowest BCUT2D eigenvalue weighted by molar-refractivity contribution is -0.169. The number of hydrogen-bond acceptors (Lipinski definition) is 6. The van der Waals surface area contributed by atoms with Gasteiger partial charge >= 0.3 is 35.8 Å². The van der Waals surface area contributed by atoms with E-state index in [0.717, 1.165) is 0 Å². The SMILES string of the molecule is O=C(O)CCC(CC(CC(CCC(=O)O)C(=O)O)(C(=O)O)C(=O)O)C(=O)O. The van der Waals surface area contributed by atoms with Gasteiger partial charge in [0.1, 0.15) is 0 Å². The second-order valence-electron chi connectivity index (χ2n) is 6.04. The molecule has 27 heavy (non-hydrogen) atoms. The minimum absolute atomic E-state index is 0.556. The highest BCUT2D eigenvalue weighted by atomic mass is 16.4. The Bertz CT molecular complexity index is 568. The van der Waals surface area contributed by atoms with Crippen LogP contribution in [0.25, 0.3) is 0 Å². The smallest absolute Gasteiger partial charge is 0.321 e. The zero-order chi connectivity index (χ0) is 21.4. The molecule has 0 fully saturated rings. The Hall–Kier alpha value is -3.18. The molecule has 0 aliphatic rings. The zero-order valence-corrected chi connectivity index (χ0v) is 14.0. The van der Waals surface area contributed by atoms with Crippen LogP contribution < -0.4 is 0 Å². The van der Waals surface area contributed by atoms with Crippen LogP contribution in [0.5, 0.6) is 0 Å². The quantitative estimate of drug-likeness (QED) is 0.216. The van der Waals surface area contributed by atoms with E-state index in [9.17, 15) is 39.0 Å². The standard InChI is InChI=1S/C15H20O12/c16-9(17)3-1-7(11(20)21)5-15(13(24)25,14(26)27)6-8(12(22)23)2-4-10(18)19/h7-8H,1-6H2,(H,16,17)(H,18,19)(H,20,21)(H,22,23)(H,24,25)(H,26,27). The van der Waals surface area contributed by atoms with Gasteiger partial charge in [0, 0.05) is 12.8 Å². The molecule has 0 radical (unpaired) electrons. The maximum atomic E-state index is 11.7. The largest absolute Gasteiger partial charge is 0.481 e. The monoisotopic (exact) mass is 392 g/mol. The van der Waals surface area contributed by atoms with E-state index in [-0.39, 0.29) is 0 Å². The number of carboxylic acids is 6. The average molecular weight is 392 g/mol. The van der Waals surface area contributed by atoms with Crippen molar-refractivity contribution in [3.63, 3.8) is 0 Å². The van der Waals surface area contributed by atoms with Gasteiger partial charge in [-0.25, -0.2) is 0 Å². The Morgan fingerprint density at radius 3 is 1.07 bits per heavy atom.